The first-order chi connectivity index (χ1) is 20.8. The van der Waals surface area contributed by atoms with Crippen LogP contribution in [0.5, 0.6) is 0 Å². The van der Waals surface area contributed by atoms with Gasteiger partial charge in [-0.05, 0) is 0 Å². The molecule has 254 valence electrons. The van der Waals surface area contributed by atoms with Gasteiger partial charge in [0.15, 0.2) is 6.29 Å². The fraction of sp³-hybridized carbons (Fsp3) is 0.846. The number of ether oxygens (including phenoxy) is 1. The molecular weight excluding hydrogens is 588 g/mol. The molecule has 0 aromatic carbocycles. The van der Waals surface area contributed by atoms with E-state index >= 15 is 0 Å². The second kappa shape index (κ2) is 19.8. The first-order valence-corrected chi connectivity index (χ1v) is 14.7. The molecule has 44 heavy (non-hydrogen) atoms. The molecule has 0 radical (unpaired) electrons. The van der Waals surface area contributed by atoms with Crippen molar-refractivity contribution in [2.75, 3.05) is 105 Å². The Labute approximate surface area is 255 Å². The maximum Gasteiger partial charge on any atom is 0.317 e. The van der Waals surface area contributed by atoms with Gasteiger partial charge in [-0.15, -0.1) is 0 Å². The van der Waals surface area contributed by atoms with Crippen molar-refractivity contribution in [3.05, 3.63) is 0 Å². The Hall–Kier alpha value is -2.52. The summed E-state index contributed by atoms with van der Waals surface area (Å²) in [6.45, 7) is 2.23. The SMILES string of the molecule is O=C(O)CN1CCN(CC(=O)O)CCN(CC(=O)NCCNCC2CO[C@H](O)C(O)CC(O)[C@@H]2O)CCN(CC(=O)O)CC1. The maximum absolute atomic E-state index is 12.8. The summed E-state index contributed by atoms with van der Waals surface area (Å²) in [7, 11) is 0. The molecule has 2 aliphatic rings. The number of nitrogens with one attached hydrogen (secondary N) is 2. The smallest absolute Gasteiger partial charge is 0.317 e. The lowest BCUT2D eigenvalue weighted by molar-refractivity contribution is -0.202. The van der Waals surface area contributed by atoms with Gasteiger partial charge in [0.1, 0.15) is 6.10 Å². The summed E-state index contributed by atoms with van der Waals surface area (Å²) in [6, 6.07) is 0. The number of nitrogens with zero attached hydrogens (tertiary/aromatic N) is 4. The topological polar surface area (TPSA) is 256 Å². The Kier molecular flexibility index (Phi) is 16.9. The van der Waals surface area contributed by atoms with E-state index in [1.807, 2.05) is 4.90 Å². The quantitative estimate of drug-likeness (QED) is 0.0855. The molecule has 2 saturated heterocycles. The Balaban J connectivity index is 1.90. The van der Waals surface area contributed by atoms with E-state index in [-0.39, 0.29) is 84.4 Å². The van der Waals surface area contributed by atoms with Crippen molar-refractivity contribution >= 4 is 23.8 Å². The van der Waals surface area contributed by atoms with Crippen LogP contribution in [0.1, 0.15) is 6.42 Å². The molecule has 2 heterocycles. The molecule has 18 heteroatoms. The first kappa shape index (κ1) is 37.7. The molecule has 0 spiro atoms. The van der Waals surface area contributed by atoms with Gasteiger partial charge >= 0.3 is 17.9 Å². The van der Waals surface area contributed by atoms with Crippen LogP contribution in [-0.2, 0) is 23.9 Å². The Morgan fingerprint density at radius 2 is 1.07 bits per heavy atom. The number of rotatable bonds is 13. The summed E-state index contributed by atoms with van der Waals surface area (Å²) < 4.78 is 5.16. The number of aliphatic hydroxyl groups excluding tert-OH is 4. The van der Waals surface area contributed by atoms with Crippen LogP contribution in [0.3, 0.4) is 0 Å². The van der Waals surface area contributed by atoms with Gasteiger partial charge in [-0.2, -0.15) is 0 Å². The Bertz CT molecular complexity index is 885. The van der Waals surface area contributed by atoms with Crippen molar-refractivity contribution in [1.29, 1.82) is 0 Å². The standard InChI is InChI=1S/C26H48N6O12/c33-19-11-20(34)26(43)44-17-18(25(19)42)12-27-1-2-28-21(35)13-29-3-5-30(14-22(36)37)7-9-32(16-24(40)41)10-8-31(6-4-29)15-23(38)39/h18-20,25-27,33-34,42-43H,1-17H2,(H,28,35)(H,36,37)(H,38,39)(H,40,41)/t18?,19?,20?,25-,26+/m1/s1. The van der Waals surface area contributed by atoms with Crippen molar-refractivity contribution in [3.8, 4) is 0 Å². The van der Waals surface area contributed by atoms with E-state index in [0.717, 1.165) is 0 Å². The van der Waals surface area contributed by atoms with E-state index in [0.29, 0.717) is 32.7 Å². The summed E-state index contributed by atoms with van der Waals surface area (Å²) in [6.07, 6.45) is -5.44. The Morgan fingerprint density at radius 3 is 1.50 bits per heavy atom. The lowest BCUT2D eigenvalue weighted by atomic mass is 9.93. The molecule has 3 unspecified atom stereocenters. The minimum Gasteiger partial charge on any atom is -0.480 e. The molecule has 18 nitrogen and oxygen atoms in total. The highest BCUT2D eigenvalue weighted by atomic mass is 16.6. The fourth-order valence-corrected chi connectivity index (χ4v) is 5.05. The average molecular weight is 637 g/mol. The normalized spacial score (nSPS) is 27.8. The molecule has 9 N–H and O–H groups in total. The zero-order valence-electron chi connectivity index (χ0n) is 24.9. The van der Waals surface area contributed by atoms with E-state index in [2.05, 4.69) is 10.6 Å². The number of carboxylic acid groups (broad SMARTS) is 3. The number of hydrogen-bond acceptors (Lipinski definition) is 14. The van der Waals surface area contributed by atoms with Gasteiger partial charge in [0.05, 0.1) is 45.0 Å². The third-order valence-electron chi connectivity index (χ3n) is 7.57. The summed E-state index contributed by atoms with van der Waals surface area (Å²) in [5.41, 5.74) is 0. The van der Waals surface area contributed by atoms with E-state index in [9.17, 15) is 54.9 Å². The van der Waals surface area contributed by atoms with Crippen LogP contribution in [0, 0.1) is 5.92 Å². The predicted molar refractivity (Wildman–Crippen MR) is 153 cm³/mol. The van der Waals surface area contributed by atoms with Crippen LogP contribution in [0.2, 0.25) is 0 Å². The number of carbonyl (C=O) groups is 4. The van der Waals surface area contributed by atoms with Gasteiger partial charge in [-0.1, -0.05) is 0 Å². The Morgan fingerprint density at radius 1 is 0.636 bits per heavy atom. The van der Waals surface area contributed by atoms with Crippen molar-refractivity contribution in [2.45, 2.75) is 31.0 Å². The third-order valence-corrected chi connectivity index (χ3v) is 7.57. The van der Waals surface area contributed by atoms with Crippen molar-refractivity contribution in [1.82, 2.24) is 30.2 Å². The number of aliphatic carboxylic acids is 3. The van der Waals surface area contributed by atoms with E-state index in [1.165, 1.54) is 0 Å². The lowest BCUT2D eigenvalue weighted by Gasteiger charge is -2.33. The van der Waals surface area contributed by atoms with E-state index in [1.54, 1.807) is 14.7 Å². The second-order valence-corrected chi connectivity index (χ2v) is 11.2. The molecule has 2 rings (SSSR count). The van der Waals surface area contributed by atoms with Gasteiger partial charge in [0.2, 0.25) is 5.91 Å². The molecule has 0 saturated carbocycles. The highest BCUT2D eigenvalue weighted by molar-refractivity contribution is 5.78. The van der Waals surface area contributed by atoms with Gasteiger partial charge in [0, 0.05) is 84.3 Å². The highest BCUT2D eigenvalue weighted by Gasteiger charge is 2.34. The molecule has 1 amide bonds. The summed E-state index contributed by atoms with van der Waals surface area (Å²) in [4.78, 5) is 53.7. The molecule has 5 atom stereocenters. The molecule has 0 aromatic heterocycles. The number of amides is 1. The second-order valence-electron chi connectivity index (χ2n) is 11.2. The minimum atomic E-state index is -1.47. The van der Waals surface area contributed by atoms with Crippen molar-refractivity contribution in [2.24, 2.45) is 5.92 Å². The average Bonchev–Trinajstić information content (AvgIpc) is 2.93. The number of aliphatic hydroxyl groups is 4. The summed E-state index contributed by atoms with van der Waals surface area (Å²) >= 11 is 0. The molecule has 0 aliphatic carbocycles. The molecule has 2 aliphatic heterocycles. The minimum absolute atomic E-state index is 0.0193. The zero-order chi connectivity index (χ0) is 32.6. The predicted octanol–water partition coefficient (Wildman–Crippen LogP) is -5.39. The van der Waals surface area contributed by atoms with Gasteiger partial charge in [0.25, 0.3) is 0 Å². The first-order valence-electron chi connectivity index (χ1n) is 14.7. The number of carboxylic acids is 3. The zero-order valence-corrected chi connectivity index (χ0v) is 24.9. The van der Waals surface area contributed by atoms with E-state index in [4.69, 9.17) is 4.74 Å². The van der Waals surface area contributed by atoms with Gasteiger partial charge < -0.3 is 51.1 Å². The number of carbonyl (C=O) groups excluding carboxylic acids is 1. The molecule has 0 bridgehead atoms. The van der Waals surface area contributed by atoms with Crippen LogP contribution < -0.4 is 10.6 Å². The van der Waals surface area contributed by atoms with Crippen LogP contribution in [0.4, 0.5) is 0 Å². The van der Waals surface area contributed by atoms with Crippen LogP contribution in [0.25, 0.3) is 0 Å². The fourth-order valence-electron chi connectivity index (χ4n) is 5.05. The summed E-state index contributed by atoms with van der Waals surface area (Å²) in [5, 5.41) is 73.6. The van der Waals surface area contributed by atoms with Crippen molar-refractivity contribution in [3.63, 3.8) is 0 Å². The van der Waals surface area contributed by atoms with Crippen LogP contribution in [-0.4, -0.2) is 209 Å². The van der Waals surface area contributed by atoms with E-state index < -0.39 is 48.4 Å². The molecule has 0 aromatic rings. The van der Waals surface area contributed by atoms with Gasteiger partial charge in [-0.3, -0.25) is 38.8 Å². The molecule has 2 fully saturated rings. The lowest BCUT2D eigenvalue weighted by Crippen LogP contribution is -2.50. The van der Waals surface area contributed by atoms with Crippen LogP contribution >= 0.6 is 0 Å². The maximum atomic E-state index is 12.8. The monoisotopic (exact) mass is 636 g/mol. The van der Waals surface area contributed by atoms with Gasteiger partial charge in [-0.25, -0.2) is 0 Å². The largest absolute Gasteiger partial charge is 0.480 e. The highest BCUT2D eigenvalue weighted by Crippen LogP contribution is 2.18. The third kappa shape index (κ3) is 15.0. The number of hydrogen-bond donors (Lipinski definition) is 9. The summed E-state index contributed by atoms with van der Waals surface area (Å²) in [5.74, 6) is -3.97. The molecular formula is C26H48N6O12. The van der Waals surface area contributed by atoms with Crippen molar-refractivity contribution < 1.29 is 59.7 Å². The van der Waals surface area contributed by atoms with Crippen LogP contribution in [0.15, 0.2) is 0 Å².